The summed E-state index contributed by atoms with van der Waals surface area (Å²) in [5.74, 6) is 1.86. The number of nitrogens with zero attached hydrogens (tertiary/aromatic N) is 6. The van der Waals surface area contributed by atoms with Crippen molar-refractivity contribution in [2.45, 2.75) is 20.0 Å². The van der Waals surface area contributed by atoms with Gasteiger partial charge in [0.15, 0.2) is 11.7 Å². The summed E-state index contributed by atoms with van der Waals surface area (Å²) in [6.45, 7) is 4.09. The summed E-state index contributed by atoms with van der Waals surface area (Å²) in [4.78, 5) is 20.9. The quantitative estimate of drug-likeness (QED) is 0.119. The molecule has 1 unspecified atom stereocenters. The minimum absolute atomic E-state index is 0.472. The molecule has 8 nitrogen and oxygen atoms in total. The Morgan fingerprint density at radius 2 is 1.07 bits per heavy atom. The Balaban J connectivity index is 1.32. The number of nitrogens with two attached hydrogens (primary N) is 2. The molecule has 0 saturated carbocycles. The van der Waals surface area contributed by atoms with Crippen LogP contribution >= 0.6 is 0 Å². The summed E-state index contributed by atoms with van der Waals surface area (Å²) in [5, 5.41) is 1.78. The third-order valence-electron chi connectivity index (χ3n) is 10.3. The number of aromatic nitrogens is 4. The molecule has 0 bridgehead atoms. The molecule has 0 spiro atoms. The van der Waals surface area contributed by atoms with Crippen molar-refractivity contribution in [1.29, 1.82) is 0 Å². The van der Waals surface area contributed by atoms with Gasteiger partial charge in [-0.15, -0.1) is 0 Å². The van der Waals surface area contributed by atoms with Gasteiger partial charge in [-0.05, 0) is 31.5 Å². The molecule has 276 valence electrons. The predicted molar refractivity (Wildman–Crippen MR) is 236 cm³/mol. The first-order chi connectivity index (χ1) is 28.0. The number of nitrogen functional groups attached to an aromatic ring is 2. The SMILES string of the molecule is CC(=N/C(=N\C(C)n1c(-c2c(N)c3ccccc3n2-c2cc(-c3ccccc3)nc(-c3ccccc3)n2)c(N)c2ccccc21)c1ccccc1)c1ccccc1. The predicted octanol–water partition coefficient (Wildman–Crippen LogP) is 11.0. The number of amidine groups is 1. The van der Waals surface area contributed by atoms with Crippen LogP contribution in [-0.4, -0.2) is 30.6 Å². The monoisotopic (exact) mass is 740 g/mol. The Bertz CT molecular complexity index is 2870. The molecule has 1 atom stereocenters. The van der Waals surface area contributed by atoms with Gasteiger partial charge in [0.2, 0.25) is 0 Å². The van der Waals surface area contributed by atoms with Crippen LogP contribution in [0.3, 0.4) is 0 Å². The minimum atomic E-state index is -0.472. The highest BCUT2D eigenvalue weighted by Gasteiger charge is 2.28. The van der Waals surface area contributed by atoms with Crippen LogP contribution in [0.25, 0.3) is 61.7 Å². The summed E-state index contributed by atoms with van der Waals surface area (Å²) >= 11 is 0. The Morgan fingerprint density at radius 3 is 1.72 bits per heavy atom. The fourth-order valence-electron chi connectivity index (χ4n) is 7.57. The molecule has 3 heterocycles. The molecule has 0 fully saturated rings. The van der Waals surface area contributed by atoms with Gasteiger partial charge in [-0.25, -0.2) is 20.0 Å². The van der Waals surface area contributed by atoms with Crippen LogP contribution in [0.4, 0.5) is 11.4 Å². The summed E-state index contributed by atoms with van der Waals surface area (Å²) in [7, 11) is 0. The molecule has 3 aromatic heterocycles. The fraction of sp³-hybridized carbons (Fsp3) is 0.0612. The normalized spacial score (nSPS) is 12.7. The first-order valence-corrected chi connectivity index (χ1v) is 19.0. The average molecular weight is 741 g/mol. The third kappa shape index (κ3) is 6.53. The summed E-state index contributed by atoms with van der Waals surface area (Å²) in [6, 6.07) is 58.8. The molecule has 57 heavy (non-hydrogen) atoms. The lowest BCUT2D eigenvalue weighted by Crippen LogP contribution is -2.12. The van der Waals surface area contributed by atoms with E-state index in [1.165, 1.54) is 0 Å². The number of anilines is 2. The van der Waals surface area contributed by atoms with E-state index in [0.717, 1.165) is 61.2 Å². The van der Waals surface area contributed by atoms with Crippen molar-refractivity contribution >= 4 is 44.7 Å². The molecule has 0 aliphatic carbocycles. The van der Waals surface area contributed by atoms with Gasteiger partial charge in [0.05, 0.1) is 39.5 Å². The van der Waals surface area contributed by atoms with E-state index in [2.05, 4.69) is 52.5 Å². The van der Waals surface area contributed by atoms with Crippen molar-refractivity contribution in [3.63, 3.8) is 0 Å². The van der Waals surface area contributed by atoms with E-state index in [1.807, 2.05) is 146 Å². The van der Waals surface area contributed by atoms with Gasteiger partial charge < -0.3 is 16.0 Å². The highest BCUT2D eigenvalue weighted by Crippen LogP contribution is 2.46. The van der Waals surface area contributed by atoms with Crippen molar-refractivity contribution < 1.29 is 0 Å². The van der Waals surface area contributed by atoms with E-state index in [9.17, 15) is 0 Å². The van der Waals surface area contributed by atoms with Crippen LogP contribution in [-0.2, 0) is 0 Å². The van der Waals surface area contributed by atoms with Crippen LogP contribution < -0.4 is 11.5 Å². The molecule has 0 aliphatic rings. The first-order valence-electron chi connectivity index (χ1n) is 19.0. The number of aliphatic imine (C=N–C) groups is 2. The van der Waals surface area contributed by atoms with Gasteiger partial charge in [-0.1, -0.05) is 158 Å². The van der Waals surface area contributed by atoms with E-state index in [-0.39, 0.29) is 0 Å². The lowest BCUT2D eigenvalue weighted by Gasteiger charge is -2.20. The summed E-state index contributed by atoms with van der Waals surface area (Å²) < 4.78 is 4.30. The lowest BCUT2D eigenvalue weighted by molar-refractivity contribution is 0.600. The number of benzene rings is 6. The molecular formula is C49H40N8. The summed E-state index contributed by atoms with van der Waals surface area (Å²) in [5.41, 5.74) is 24.5. The van der Waals surface area contributed by atoms with Crippen molar-refractivity contribution in [2.24, 2.45) is 9.98 Å². The second-order valence-electron chi connectivity index (χ2n) is 13.9. The molecule has 0 saturated heterocycles. The Labute approximate surface area is 331 Å². The first kappa shape index (κ1) is 35.1. The van der Waals surface area contributed by atoms with Gasteiger partial charge in [-0.2, -0.15) is 0 Å². The average Bonchev–Trinajstić information content (AvgIpc) is 3.74. The molecule has 6 aromatic carbocycles. The van der Waals surface area contributed by atoms with Crippen molar-refractivity contribution in [3.8, 4) is 39.9 Å². The number of para-hydroxylation sites is 2. The van der Waals surface area contributed by atoms with Crippen molar-refractivity contribution in [1.82, 2.24) is 19.1 Å². The maximum atomic E-state index is 7.30. The van der Waals surface area contributed by atoms with E-state index >= 15 is 0 Å². The van der Waals surface area contributed by atoms with Crippen molar-refractivity contribution in [3.05, 3.63) is 187 Å². The molecule has 9 rings (SSSR count). The van der Waals surface area contributed by atoms with Gasteiger partial charge in [-0.3, -0.25) is 4.57 Å². The van der Waals surface area contributed by atoms with Crippen LogP contribution in [0.5, 0.6) is 0 Å². The van der Waals surface area contributed by atoms with Gasteiger partial charge in [0.1, 0.15) is 12.0 Å². The van der Waals surface area contributed by atoms with Gasteiger partial charge in [0, 0.05) is 39.2 Å². The molecule has 4 N–H and O–H groups in total. The van der Waals surface area contributed by atoms with Gasteiger partial charge >= 0.3 is 0 Å². The molecular weight excluding hydrogens is 701 g/mol. The molecule has 0 radical (unpaired) electrons. The number of hydrogen-bond donors (Lipinski definition) is 2. The van der Waals surface area contributed by atoms with Crippen LogP contribution in [0.2, 0.25) is 0 Å². The molecule has 0 aliphatic heterocycles. The molecule has 9 aromatic rings. The molecule has 8 heteroatoms. The summed E-state index contributed by atoms with van der Waals surface area (Å²) in [6.07, 6.45) is -0.472. The van der Waals surface area contributed by atoms with E-state index in [4.69, 9.17) is 31.4 Å². The fourth-order valence-corrected chi connectivity index (χ4v) is 7.57. The topological polar surface area (TPSA) is 112 Å². The molecule has 0 amide bonds. The Kier molecular flexibility index (Phi) is 9.20. The number of rotatable bonds is 8. The second-order valence-corrected chi connectivity index (χ2v) is 13.9. The van der Waals surface area contributed by atoms with Crippen LogP contribution in [0.15, 0.2) is 186 Å². The third-order valence-corrected chi connectivity index (χ3v) is 10.3. The highest BCUT2D eigenvalue weighted by molar-refractivity contribution is 6.12. The van der Waals surface area contributed by atoms with Crippen molar-refractivity contribution in [2.75, 3.05) is 11.5 Å². The minimum Gasteiger partial charge on any atom is -0.396 e. The second kappa shape index (κ2) is 14.9. The highest BCUT2D eigenvalue weighted by atomic mass is 15.2. The number of fused-ring (bicyclic) bond motifs is 2. The smallest absolute Gasteiger partial charge is 0.162 e. The maximum Gasteiger partial charge on any atom is 0.162 e. The maximum absolute atomic E-state index is 7.30. The van der Waals surface area contributed by atoms with Gasteiger partial charge in [0.25, 0.3) is 0 Å². The largest absolute Gasteiger partial charge is 0.396 e. The zero-order chi connectivity index (χ0) is 38.9. The lowest BCUT2D eigenvalue weighted by atomic mass is 10.1. The van der Waals surface area contributed by atoms with E-state index in [1.54, 1.807) is 0 Å². The Morgan fingerprint density at radius 1 is 0.561 bits per heavy atom. The van der Waals surface area contributed by atoms with E-state index in [0.29, 0.717) is 34.5 Å². The zero-order valence-corrected chi connectivity index (χ0v) is 31.7. The standard InChI is InChI=1S/C49H40N8/c1-32(34-19-7-3-8-20-34)52-48(36-23-11-5-12-24-36)53-33(2)56-41-29-17-15-27-38(41)44(50)46(56)47-45(51)39-28-16-18-30-42(39)57(47)43-31-40(35-21-9-4-10-22-35)54-49(55-43)37-25-13-6-14-26-37/h3-31,33H,50-51H2,1-2H3/b52-32?,53-48-. The number of hydrogen-bond acceptors (Lipinski definition) is 5. The van der Waals surface area contributed by atoms with Crippen LogP contribution in [0.1, 0.15) is 31.1 Å². The van der Waals surface area contributed by atoms with Crippen LogP contribution in [0, 0.1) is 0 Å². The zero-order valence-electron chi connectivity index (χ0n) is 31.7. The van der Waals surface area contributed by atoms with E-state index < -0.39 is 6.17 Å². The Hall–Kier alpha value is -7.58.